The summed E-state index contributed by atoms with van der Waals surface area (Å²) in [6.07, 6.45) is 1.55. The van der Waals surface area contributed by atoms with Crippen LogP contribution in [-0.2, 0) is 14.8 Å². The Labute approximate surface area is 137 Å². The van der Waals surface area contributed by atoms with E-state index in [1.54, 1.807) is 45.2 Å². The highest BCUT2D eigenvalue weighted by molar-refractivity contribution is 7.90. The van der Waals surface area contributed by atoms with Crippen LogP contribution in [0.25, 0.3) is 0 Å². The molecule has 0 bridgehead atoms. The third kappa shape index (κ3) is 7.34. The van der Waals surface area contributed by atoms with Crippen molar-refractivity contribution < 1.29 is 17.9 Å². The van der Waals surface area contributed by atoms with Crippen molar-refractivity contribution in [3.63, 3.8) is 0 Å². The largest absolute Gasteiger partial charge is 0.497 e. The smallest absolute Gasteiger partial charge is 0.238 e. The van der Waals surface area contributed by atoms with Gasteiger partial charge in [-0.1, -0.05) is 0 Å². The lowest BCUT2D eigenvalue weighted by molar-refractivity contribution is -0.120. The average molecular weight is 343 g/mol. The molecule has 0 spiro atoms. The topological polar surface area (TPSA) is 96.5 Å². The molecule has 3 N–H and O–H groups in total. The van der Waals surface area contributed by atoms with Crippen LogP contribution in [-0.4, -0.2) is 33.2 Å². The number of carbonyl (C=O) groups is 1. The molecule has 0 saturated carbocycles. The fourth-order valence-corrected chi connectivity index (χ4v) is 2.43. The van der Waals surface area contributed by atoms with Crippen LogP contribution in [0.15, 0.2) is 24.3 Å². The number of anilines is 1. The van der Waals surface area contributed by atoms with E-state index < -0.39 is 15.3 Å². The van der Waals surface area contributed by atoms with Crippen LogP contribution in [0.5, 0.6) is 5.75 Å². The molecule has 0 unspecified atom stereocenters. The lowest BCUT2D eigenvalue weighted by Crippen LogP contribution is -2.32. The van der Waals surface area contributed by atoms with Gasteiger partial charge in [-0.25, -0.2) is 13.1 Å². The van der Waals surface area contributed by atoms with Crippen molar-refractivity contribution in [3.05, 3.63) is 24.3 Å². The lowest BCUT2D eigenvalue weighted by atomic mass is 10.2. The Hall–Kier alpha value is -1.80. The minimum atomic E-state index is -3.22. The Morgan fingerprint density at radius 1 is 1.17 bits per heavy atom. The molecule has 0 atom stereocenters. The van der Waals surface area contributed by atoms with Crippen molar-refractivity contribution >= 4 is 21.6 Å². The summed E-state index contributed by atoms with van der Waals surface area (Å²) in [5.41, 5.74) is 6.16. The second kappa shape index (κ2) is 9.36. The molecule has 0 aromatic heterocycles. The van der Waals surface area contributed by atoms with E-state index in [-0.39, 0.29) is 5.91 Å². The molecule has 1 aromatic carbocycles. The van der Waals surface area contributed by atoms with Crippen LogP contribution in [0.1, 0.15) is 33.1 Å². The van der Waals surface area contributed by atoms with Crippen molar-refractivity contribution in [2.24, 2.45) is 0 Å². The zero-order valence-corrected chi connectivity index (χ0v) is 14.6. The predicted molar refractivity (Wildman–Crippen MR) is 90.7 cm³/mol. The fourth-order valence-electron chi connectivity index (χ4n) is 1.67. The Kier molecular flexibility index (Phi) is 7.84. The summed E-state index contributed by atoms with van der Waals surface area (Å²) in [4.78, 5) is 11.7. The number of benzene rings is 1. The molecule has 0 aliphatic rings. The molecule has 1 aromatic rings. The van der Waals surface area contributed by atoms with Crippen molar-refractivity contribution in [1.82, 2.24) is 10.1 Å². The molecule has 23 heavy (non-hydrogen) atoms. The number of hydrogen-bond donors (Lipinski definition) is 3. The maximum Gasteiger partial charge on any atom is 0.238 e. The number of rotatable bonds is 10. The molecule has 0 heterocycles. The summed E-state index contributed by atoms with van der Waals surface area (Å²) >= 11 is 0. The summed E-state index contributed by atoms with van der Waals surface area (Å²) < 4.78 is 30.6. The highest BCUT2D eigenvalue weighted by Crippen LogP contribution is 2.14. The molecule has 130 valence electrons. The number of unbranched alkanes of at least 4 members (excludes halogenated alkanes) is 1. The van der Waals surface area contributed by atoms with Crippen LogP contribution in [0.3, 0.4) is 0 Å². The molecular weight excluding hydrogens is 318 g/mol. The first-order valence-corrected chi connectivity index (χ1v) is 9.07. The van der Waals surface area contributed by atoms with E-state index in [1.165, 1.54) is 0 Å². The van der Waals surface area contributed by atoms with Crippen LogP contribution < -0.4 is 20.3 Å². The lowest BCUT2D eigenvalue weighted by Gasteiger charge is -2.10. The first-order chi connectivity index (χ1) is 10.8. The van der Waals surface area contributed by atoms with Crippen LogP contribution in [0.4, 0.5) is 5.69 Å². The molecule has 0 aliphatic heterocycles. The second-order valence-corrected chi connectivity index (χ2v) is 7.67. The zero-order chi connectivity index (χ0) is 17.3. The van der Waals surface area contributed by atoms with Crippen LogP contribution in [0, 0.1) is 0 Å². The number of sulfonamides is 1. The van der Waals surface area contributed by atoms with Crippen molar-refractivity contribution in [3.8, 4) is 5.75 Å². The number of methoxy groups -OCH3 is 1. The monoisotopic (exact) mass is 343 g/mol. The van der Waals surface area contributed by atoms with Gasteiger partial charge in [0.25, 0.3) is 0 Å². The van der Waals surface area contributed by atoms with Crippen molar-refractivity contribution in [2.75, 3.05) is 19.1 Å². The third-order valence-electron chi connectivity index (χ3n) is 3.19. The van der Waals surface area contributed by atoms with E-state index in [2.05, 4.69) is 15.6 Å². The van der Waals surface area contributed by atoms with Gasteiger partial charge in [0.2, 0.25) is 15.9 Å². The average Bonchev–Trinajstić information content (AvgIpc) is 2.52. The molecule has 1 rings (SSSR count). The van der Waals surface area contributed by atoms with Gasteiger partial charge in [0.15, 0.2) is 0 Å². The maximum absolute atomic E-state index is 11.7. The van der Waals surface area contributed by atoms with Gasteiger partial charge in [0, 0.05) is 13.0 Å². The molecule has 7 nitrogen and oxygen atoms in total. The Morgan fingerprint density at radius 2 is 1.83 bits per heavy atom. The standard InChI is InChI=1S/C15H25N3O4S/c1-12(2)23(20,21)16-11-5-4-6-15(19)18-17-13-7-9-14(22-3)10-8-13/h7-10,12,16-17H,4-6,11H2,1-3H3,(H,18,19). The SMILES string of the molecule is COc1ccc(NNC(=O)CCCCNS(=O)(=O)C(C)C)cc1. The van der Waals surface area contributed by atoms with E-state index in [0.717, 1.165) is 11.4 Å². The van der Waals surface area contributed by atoms with E-state index in [9.17, 15) is 13.2 Å². The van der Waals surface area contributed by atoms with Gasteiger partial charge in [-0.05, 0) is 51.0 Å². The summed E-state index contributed by atoms with van der Waals surface area (Å²) in [5.74, 6) is 0.596. The molecular formula is C15H25N3O4S. The number of ether oxygens (including phenoxy) is 1. The zero-order valence-electron chi connectivity index (χ0n) is 13.8. The molecule has 0 fully saturated rings. The predicted octanol–water partition coefficient (Wildman–Crippen LogP) is 1.64. The molecule has 0 aliphatic carbocycles. The first kappa shape index (κ1) is 19.2. The first-order valence-electron chi connectivity index (χ1n) is 7.52. The number of amides is 1. The molecule has 8 heteroatoms. The van der Waals surface area contributed by atoms with Crippen molar-refractivity contribution in [1.29, 1.82) is 0 Å². The number of carbonyl (C=O) groups excluding carboxylic acids is 1. The molecule has 0 saturated heterocycles. The van der Waals surface area contributed by atoms with Gasteiger partial charge >= 0.3 is 0 Å². The van der Waals surface area contributed by atoms with Gasteiger partial charge in [0.1, 0.15) is 5.75 Å². The van der Waals surface area contributed by atoms with E-state index in [4.69, 9.17) is 4.74 Å². The second-order valence-electron chi connectivity index (χ2n) is 5.35. The summed E-state index contributed by atoms with van der Waals surface area (Å²) in [6, 6.07) is 7.16. The van der Waals surface area contributed by atoms with Gasteiger partial charge < -0.3 is 4.74 Å². The maximum atomic E-state index is 11.7. The van der Waals surface area contributed by atoms with Gasteiger partial charge in [-0.15, -0.1) is 0 Å². The molecule has 0 radical (unpaired) electrons. The Bertz CT molecular complexity index is 585. The number of hydrogen-bond acceptors (Lipinski definition) is 5. The normalized spacial score (nSPS) is 11.3. The minimum absolute atomic E-state index is 0.146. The highest BCUT2D eigenvalue weighted by Gasteiger charge is 2.14. The van der Waals surface area contributed by atoms with Gasteiger partial charge in [-0.2, -0.15) is 0 Å². The summed E-state index contributed by atoms with van der Waals surface area (Å²) in [6.45, 7) is 3.60. The van der Waals surface area contributed by atoms with E-state index >= 15 is 0 Å². The van der Waals surface area contributed by atoms with E-state index in [1.807, 2.05) is 0 Å². The van der Waals surface area contributed by atoms with Crippen LogP contribution in [0.2, 0.25) is 0 Å². The Balaban J connectivity index is 2.17. The summed E-state index contributed by atoms with van der Waals surface area (Å²) in [5, 5.41) is -0.445. The Morgan fingerprint density at radius 3 is 2.39 bits per heavy atom. The quantitative estimate of drug-likeness (QED) is 0.443. The summed E-state index contributed by atoms with van der Waals surface area (Å²) in [7, 11) is -1.64. The van der Waals surface area contributed by atoms with Crippen molar-refractivity contribution in [2.45, 2.75) is 38.4 Å². The van der Waals surface area contributed by atoms with Gasteiger partial charge in [0.05, 0.1) is 18.0 Å². The van der Waals surface area contributed by atoms with E-state index in [0.29, 0.717) is 25.8 Å². The number of nitrogens with one attached hydrogen (secondary N) is 3. The van der Waals surface area contributed by atoms with Crippen LogP contribution >= 0.6 is 0 Å². The fraction of sp³-hybridized carbons (Fsp3) is 0.533. The number of hydrazine groups is 1. The van der Waals surface area contributed by atoms with Gasteiger partial charge in [-0.3, -0.25) is 15.6 Å². The highest BCUT2D eigenvalue weighted by atomic mass is 32.2. The third-order valence-corrected chi connectivity index (χ3v) is 5.04. The minimum Gasteiger partial charge on any atom is -0.497 e. The molecule has 1 amide bonds.